The Kier molecular flexibility index (Phi) is 3.05. The van der Waals surface area contributed by atoms with Gasteiger partial charge in [0, 0.05) is 16.3 Å². The second kappa shape index (κ2) is 4.72. The SMILES string of the molecule is COc1ccc(N)c(-c2nc3cc(Cl)ccc3s2)c1. The Hall–Kier alpha value is -1.78. The van der Waals surface area contributed by atoms with Crippen LogP contribution in [0.1, 0.15) is 0 Å². The number of nitrogens with zero attached hydrogens (tertiary/aromatic N) is 1. The molecular weight excluding hydrogens is 280 g/mol. The molecule has 2 N–H and O–H groups in total. The Morgan fingerprint density at radius 2 is 2.05 bits per heavy atom. The largest absolute Gasteiger partial charge is 0.497 e. The fraction of sp³-hybridized carbons (Fsp3) is 0.0714. The minimum Gasteiger partial charge on any atom is -0.497 e. The molecule has 0 saturated heterocycles. The van der Waals surface area contributed by atoms with E-state index in [2.05, 4.69) is 4.98 Å². The molecule has 0 spiro atoms. The van der Waals surface area contributed by atoms with Gasteiger partial charge in [-0.2, -0.15) is 0 Å². The Morgan fingerprint density at radius 3 is 2.84 bits per heavy atom. The molecule has 0 aliphatic rings. The number of nitrogens with two attached hydrogens (primary N) is 1. The van der Waals surface area contributed by atoms with Gasteiger partial charge in [-0.15, -0.1) is 11.3 Å². The third-order valence-corrected chi connectivity index (χ3v) is 4.15. The molecule has 0 radical (unpaired) electrons. The summed E-state index contributed by atoms with van der Waals surface area (Å²) in [5.74, 6) is 0.765. The number of hydrogen-bond acceptors (Lipinski definition) is 4. The molecule has 1 heterocycles. The highest BCUT2D eigenvalue weighted by Gasteiger charge is 2.10. The molecule has 0 amide bonds. The van der Waals surface area contributed by atoms with Gasteiger partial charge < -0.3 is 10.5 Å². The van der Waals surface area contributed by atoms with Crippen LogP contribution in [0.5, 0.6) is 5.75 Å². The average Bonchev–Trinajstić information content (AvgIpc) is 2.82. The molecule has 3 nitrogen and oxygen atoms in total. The molecule has 19 heavy (non-hydrogen) atoms. The predicted molar refractivity (Wildman–Crippen MR) is 81.0 cm³/mol. The van der Waals surface area contributed by atoms with Gasteiger partial charge in [-0.05, 0) is 36.4 Å². The molecule has 0 aliphatic carbocycles. The molecule has 3 aromatic rings. The summed E-state index contributed by atoms with van der Waals surface area (Å²) in [4.78, 5) is 4.58. The van der Waals surface area contributed by atoms with Crippen molar-refractivity contribution in [2.24, 2.45) is 0 Å². The van der Waals surface area contributed by atoms with Gasteiger partial charge in [-0.3, -0.25) is 0 Å². The molecule has 2 aromatic carbocycles. The highest BCUT2D eigenvalue weighted by molar-refractivity contribution is 7.21. The van der Waals surface area contributed by atoms with Crippen molar-refractivity contribution in [2.45, 2.75) is 0 Å². The van der Waals surface area contributed by atoms with Crippen LogP contribution < -0.4 is 10.5 Å². The van der Waals surface area contributed by atoms with E-state index in [1.165, 1.54) is 0 Å². The number of benzene rings is 2. The van der Waals surface area contributed by atoms with E-state index in [9.17, 15) is 0 Å². The number of fused-ring (bicyclic) bond motifs is 1. The van der Waals surface area contributed by atoms with Crippen molar-refractivity contribution in [1.82, 2.24) is 4.98 Å². The number of halogens is 1. The summed E-state index contributed by atoms with van der Waals surface area (Å²) >= 11 is 7.56. The third kappa shape index (κ3) is 2.25. The molecule has 0 unspecified atom stereocenters. The summed E-state index contributed by atoms with van der Waals surface area (Å²) in [5.41, 5.74) is 8.47. The fourth-order valence-electron chi connectivity index (χ4n) is 1.86. The Balaban J connectivity index is 2.18. The van der Waals surface area contributed by atoms with E-state index < -0.39 is 0 Å². The van der Waals surface area contributed by atoms with Crippen LogP contribution in [0.4, 0.5) is 5.69 Å². The lowest BCUT2D eigenvalue weighted by Gasteiger charge is -2.05. The summed E-state index contributed by atoms with van der Waals surface area (Å²) in [5, 5.41) is 1.55. The minimum absolute atomic E-state index is 0.683. The van der Waals surface area contributed by atoms with Gasteiger partial charge in [-0.25, -0.2) is 4.98 Å². The summed E-state index contributed by atoms with van der Waals surface area (Å²) < 4.78 is 6.31. The molecule has 0 bridgehead atoms. The molecule has 0 fully saturated rings. The highest BCUT2D eigenvalue weighted by Crippen LogP contribution is 2.36. The number of ether oxygens (including phenoxy) is 1. The number of nitrogen functional groups attached to an aromatic ring is 1. The highest BCUT2D eigenvalue weighted by atomic mass is 35.5. The van der Waals surface area contributed by atoms with E-state index in [0.29, 0.717) is 10.7 Å². The number of methoxy groups -OCH3 is 1. The third-order valence-electron chi connectivity index (χ3n) is 2.84. The van der Waals surface area contributed by atoms with Crippen LogP contribution in [0, 0.1) is 0 Å². The Morgan fingerprint density at radius 1 is 1.21 bits per heavy atom. The molecule has 1 aromatic heterocycles. The van der Waals surface area contributed by atoms with Gasteiger partial charge in [0.25, 0.3) is 0 Å². The molecule has 0 saturated carbocycles. The van der Waals surface area contributed by atoms with Crippen LogP contribution in [0.3, 0.4) is 0 Å². The second-order valence-electron chi connectivity index (χ2n) is 4.08. The maximum Gasteiger partial charge on any atom is 0.126 e. The summed E-state index contributed by atoms with van der Waals surface area (Å²) in [6, 6.07) is 11.2. The van der Waals surface area contributed by atoms with E-state index in [-0.39, 0.29) is 0 Å². The molecule has 0 aliphatic heterocycles. The van der Waals surface area contributed by atoms with Gasteiger partial charge in [0.2, 0.25) is 0 Å². The van der Waals surface area contributed by atoms with Crippen molar-refractivity contribution < 1.29 is 4.74 Å². The van der Waals surface area contributed by atoms with E-state index >= 15 is 0 Å². The van der Waals surface area contributed by atoms with Gasteiger partial charge in [0.1, 0.15) is 10.8 Å². The van der Waals surface area contributed by atoms with Crippen LogP contribution in [0.25, 0.3) is 20.8 Å². The smallest absolute Gasteiger partial charge is 0.126 e. The van der Waals surface area contributed by atoms with Gasteiger partial charge in [0.15, 0.2) is 0 Å². The Labute approximate surface area is 119 Å². The summed E-state index contributed by atoms with van der Waals surface area (Å²) in [6.07, 6.45) is 0. The molecule has 5 heteroatoms. The van der Waals surface area contributed by atoms with Crippen molar-refractivity contribution >= 4 is 38.8 Å². The minimum atomic E-state index is 0.683. The first kappa shape index (κ1) is 12.3. The first-order chi connectivity index (χ1) is 9.17. The Bertz CT molecular complexity index is 754. The average molecular weight is 291 g/mol. The van der Waals surface area contributed by atoms with Crippen LogP contribution in [-0.2, 0) is 0 Å². The lowest BCUT2D eigenvalue weighted by molar-refractivity contribution is 0.415. The van der Waals surface area contributed by atoms with Crippen molar-refractivity contribution in [3.05, 3.63) is 41.4 Å². The number of hydrogen-bond donors (Lipinski definition) is 1. The standard InChI is InChI=1S/C14H11ClN2OS/c1-18-9-3-4-11(16)10(7-9)14-17-12-6-8(15)2-5-13(12)19-14/h2-7H,16H2,1H3. The number of thiazole rings is 1. The predicted octanol–water partition coefficient (Wildman–Crippen LogP) is 4.21. The maximum absolute atomic E-state index is 6.01. The topological polar surface area (TPSA) is 48.1 Å². The zero-order valence-corrected chi connectivity index (χ0v) is 11.8. The number of rotatable bonds is 2. The summed E-state index contributed by atoms with van der Waals surface area (Å²) in [7, 11) is 1.63. The van der Waals surface area contributed by atoms with E-state index in [1.807, 2.05) is 36.4 Å². The maximum atomic E-state index is 6.01. The first-order valence-corrected chi connectivity index (χ1v) is 6.87. The van der Waals surface area contributed by atoms with E-state index in [4.69, 9.17) is 22.1 Å². The van der Waals surface area contributed by atoms with Gasteiger partial charge in [0.05, 0.1) is 17.3 Å². The number of aromatic nitrogens is 1. The fourth-order valence-corrected chi connectivity index (χ4v) is 3.01. The van der Waals surface area contributed by atoms with E-state index in [0.717, 1.165) is 26.5 Å². The van der Waals surface area contributed by atoms with Crippen LogP contribution in [-0.4, -0.2) is 12.1 Å². The van der Waals surface area contributed by atoms with Gasteiger partial charge >= 0.3 is 0 Å². The lowest BCUT2D eigenvalue weighted by Crippen LogP contribution is -1.91. The summed E-state index contributed by atoms with van der Waals surface area (Å²) in [6.45, 7) is 0. The van der Waals surface area contributed by atoms with Gasteiger partial charge in [-0.1, -0.05) is 11.6 Å². The molecule has 0 atom stereocenters. The first-order valence-electron chi connectivity index (χ1n) is 5.67. The van der Waals surface area contributed by atoms with Crippen molar-refractivity contribution in [1.29, 1.82) is 0 Å². The van der Waals surface area contributed by atoms with Crippen LogP contribution in [0.15, 0.2) is 36.4 Å². The molecular formula is C14H11ClN2OS. The zero-order chi connectivity index (χ0) is 13.4. The van der Waals surface area contributed by atoms with Crippen LogP contribution in [0.2, 0.25) is 5.02 Å². The monoisotopic (exact) mass is 290 g/mol. The van der Waals surface area contributed by atoms with Crippen molar-refractivity contribution in [3.63, 3.8) is 0 Å². The van der Waals surface area contributed by atoms with Crippen LogP contribution >= 0.6 is 22.9 Å². The normalized spacial score (nSPS) is 10.8. The van der Waals surface area contributed by atoms with Crippen molar-refractivity contribution in [2.75, 3.05) is 12.8 Å². The number of anilines is 1. The zero-order valence-electron chi connectivity index (χ0n) is 10.2. The van der Waals surface area contributed by atoms with Crippen molar-refractivity contribution in [3.8, 4) is 16.3 Å². The second-order valence-corrected chi connectivity index (χ2v) is 5.55. The molecule has 96 valence electrons. The molecule has 3 rings (SSSR count). The lowest BCUT2D eigenvalue weighted by atomic mass is 10.2. The quantitative estimate of drug-likeness (QED) is 0.719. The van der Waals surface area contributed by atoms with E-state index in [1.54, 1.807) is 18.4 Å².